The molecule has 0 spiro atoms. The van der Waals surface area contributed by atoms with E-state index in [0.717, 1.165) is 6.92 Å². The van der Waals surface area contributed by atoms with Gasteiger partial charge in [0.1, 0.15) is 48.3 Å². The number of aliphatic hydroxyl groups is 2. The van der Waals surface area contributed by atoms with E-state index in [1.54, 1.807) is 41.5 Å². The molecule has 64 heavy (non-hydrogen) atoms. The Bertz CT molecular complexity index is 1660. The zero-order valence-corrected chi connectivity index (χ0v) is 38.2. The predicted molar refractivity (Wildman–Crippen MR) is 227 cm³/mol. The van der Waals surface area contributed by atoms with E-state index in [9.17, 15) is 73.2 Å². The van der Waals surface area contributed by atoms with Gasteiger partial charge in [-0.3, -0.25) is 52.7 Å². The molecule has 0 fully saturated rings. The normalized spacial score (nSPS) is 14.9. The van der Waals surface area contributed by atoms with Crippen LogP contribution in [0.4, 0.5) is 0 Å². The summed E-state index contributed by atoms with van der Waals surface area (Å²) in [5.74, 6) is -12.5. The van der Waals surface area contributed by atoms with Crippen LogP contribution in [0.15, 0.2) is 0 Å². The molecule has 0 aliphatic carbocycles. The molecular formula is C40H69N9O15. The fraction of sp³-hybridized carbons (Fsp3) is 0.725. The van der Waals surface area contributed by atoms with Crippen molar-refractivity contribution in [1.29, 1.82) is 0 Å². The molecule has 0 aliphatic heterocycles. The van der Waals surface area contributed by atoms with Crippen molar-refractivity contribution in [2.24, 2.45) is 23.7 Å². The standard InChI is InChI=1S/C40H69N9O15/c1-18(2)15-25(35(59)43-23(11-13-28(53)54)33(57)47-30(19(3)4)38(62)41-10)45-36(60)27(17-51)46-40(64)32(21(7)8)48-34(58)24(12-14-29(55)56)44-39(63)31(20(5)6)49-37(61)26(16-50)42-22(9)52/h18-21,23-27,30-32,50-51H,11-17H2,1-10H3,(H,41,62)(H,42,52)(H,43,59)(H,44,63)(H,45,60)(H,46,64)(H,47,57)(H,48,58)(H,49,61)(H,53,54)(H,55,56)/t23-,24-,25-,26-,27-,30-,31-,32-/m0/s1. The molecule has 0 aromatic rings. The molecule has 24 nitrogen and oxygen atoms in total. The molecular weight excluding hydrogens is 846 g/mol. The van der Waals surface area contributed by atoms with Gasteiger partial charge in [0.05, 0.1) is 13.2 Å². The monoisotopic (exact) mass is 915 g/mol. The Morgan fingerprint density at radius 3 is 1.03 bits per heavy atom. The zero-order chi connectivity index (χ0) is 49.6. The quantitative estimate of drug-likeness (QED) is 0.0344. The van der Waals surface area contributed by atoms with Crippen LogP contribution < -0.4 is 47.9 Å². The van der Waals surface area contributed by atoms with E-state index in [1.165, 1.54) is 20.9 Å². The van der Waals surface area contributed by atoms with E-state index in [2.05, 4.69) is 47.9 Å². The Morgan fingerprint density at radius 1 is 0.406 bits per heavy atom. The molecule has 0 aliphatic rings. The van der Waals surface area contributed by atoms with Crippen molar-refractivity contribution < 1.29 is 73.2 Å². The fourth-order valence-electron chi connectivity index (χ4n) is 6.00. The number of carboxylic acids is 2. The van der Waals surface area contributed by atoms with Crippen molar-refractivity contribution in [3.05, 3.63) is 0 Å². The van der Waals surface area contributed by atoms with Gasteiger partial charge in [-0.1, -0.05) is 55.4 Å². The van der Waals surface area contributed by atoms with Crippen molar-refractivity contribution in [3.8, 4) is 0 Å². The lowest BCUT2D eigenvalue weighted by Crippen LogP contribution is -2.62. The first-order chi connectivity index (χ1) is 29.7. The Hall–Kier alpha value is -5.91. The highest BCUT2D eigenvalue weighted by Gasteiger charge is 2.36. The summed E-state index contributed by atoms with van der Waals surface area (Å²) in [6, 6.07) is -11.4. The number of aliphatic carboxylic acids is 2. The first-order valence-electron chi connectivity index (χ1n) is 21.0. The molecule has 0 rings (SSSR count). The number of likely N-dealkylation sites (N-methyl/N-ethyl adjacent to an activating group) is 1. The topological polar surface area (TPSA) is 377 Å². The van der Waals surface area contributed by atoms with E-state index in [4.69, 9.17) is 0 Å². The minimum Gasteiger partial charge on any atom is -0.481 e. The lowest BCUT2D eigenvalue weighted by atomic mass is 9.99. The molecule has 13 N–H and O–H groups in total. The fourth-order valence-corrected chi connectivity index (χ4v) is 6.00. The van der Waals surface area contributed by atoms with Gasteiger partial charge in [-0.05, 0) is 42.9 Å². The van der Waals surface area contributed by atoms with Gasteiger partial charge in [0.2, 0.25) is 53.2 Å². The smallest absolute Gasteiger partial charge is 0.303 e. The van der Waals surface area contributed by atoms with Crippen LogP contribution in [-0.4, -0.2) is 154 Å². The van der Waals surface area contributed by atoms with Gasteiger partial charge in [-0.15, -0.1) is 0 Å². The van der Waals surface area contributed by atoms with Crippen molar-refractivity contribution in [2.45, 2.75) is 143 Å². The van der Waals surface area contributed by atoms with Gasteiger partial charge < -0.3 is 68.3 Å². The minimum atomic E-state index is -1.73. The van der Waals surface area contributed by atoms with Crippen LogP contribution in [0.5, 0.6) is 0 Å². The second kappa shape index (κ2) is 28.7. The summed E-state index contributed by atoms with van der Waals surface area (Å²) in [5, 5.41) is 60.0. The van der Waals surface area contributed by atoms with E-state index in [0.29, 0.717) is 0 Å². The maximum absolute atomic E-state index is 13.7. The van der Waals surface area contributed by atoms with Gasteiger partial charge in [-0.25, -0.2) is 0 Å². The molecule has 364 valence electrons. The van der Waals surface area contributed by atoms with Crippen molar-refractivity contribution in [1.82, 2.24) is 47.9 Å². The molecule has 0 saturated heterocycles. The maximum Gasteiger partial charge on any atom is 0.303 e. The number of amides is 9. The lowest BCUT2D eigenvalue weighted by molar-refractivity contribution is -0.139. The summed E-state index contributed by atoms with van der Waals surface area (Å²) in [4.78, 5) is 141. The van der Waals surface area contributed by atoms with E-state index < -0.39 is 164 Å². The number of rotatable bonds is 29. The second-order valence-electron chi connectivity index (χ2n) is 16.7. The first-order valence-corrected chi connectivity index (χ1v) is 21.0. The summed E-state index contributed by atoms with van der Waals surface area (Å²) in [6.45, 7) is 12.2. The van der Waals surface area contributed by atoms with Gasteiger partial charge in [0.25, 0.3) is 0 Å². The Morgan fingerprint density at radius 2 is 0.703 bits per heavy atom. The van der Waals surface area contributed by atoms with Crippen LogP contribution in [-0.2, 0) is 52.7 Å². The average molecular weight is 916 g/mol. The molecule has 0 heterocycles. The van der Waals surface area contributed by atoms with Crippen LogP contribution in [0.1, 0.15) is 94.4 Å². The molecule has 24 heteroatoms. The van der Waals surface area contributed by atoms with Gasteiger partial charge in [-0.2, -0.15) is 0 Å². The third-order valence-electron chi connectivity index (χ3n) is 9.58. The second-order valence-corrected chi connectivity index (χ2v) is 16.7. The average Bonchev–Trinajstić information content (AvgIpc) is 3.19. The third kappa shape index (κ3) is 21.0. The lowest BCUT2D eigenvalue weighted by Gasteiger charge is -2.29. The summed E-state index contributed by atoms with van der Waals surface area (Å²) < 4.78 is 0. The molecule has 0 radical (unpaired) electrons. The number of aliphatic hydroxyl groups excluding tert-OH is 2. The van der Waals surface area contributed by atoms with Crippen molar-refractivity contribution in [2.75, 3.05) is 20.3 Å². The summed E-state index contributed by atoms with van der Waals surface area (Å²) in [5.41, 5.74) is 0. The third-order valence-corrected chi connectivity index (χ3v) is 9.58. The van der Waals surface area contributed by atoms with Gasteiger partial charge in [0, 0.05) is 26.8 Å². The van der Waals surface area contributed by atoms with Crippen molar-refractivity contribution in [3.63, 3.8) is 0 Å². The Kier molecular flexibility index (Phi) is 26.1. The molecule has 0 bridgehead atoms. The maximum atomic E-state index is 13.7. The zero-order valence-electron chi connectivity index (χ0n) is 38.2. The highest BCUT2D eigenvalue weighted by Crippen LogP contribution is 2.11. The minimum absolute atomic E-state index is 0.0312. The van der Waals surface area contributed by atoms with Gasteiger partial charge in [0.15, 0.2) is 0 Å². The van der Waals surface area contributed by atoms with E-state index >= 15 is 0 Å². The Labute approximate surface area is 372 Å². The first kappa shape index (κ1) is 58.1. The molecule has 9 amide bonds. The van der Waals surface area contributed by atoms with Crippen LogP contribution >= 0.6 is 0 Å². The molecule has 0 saturated carbocycles. The summed E-state index contributed by atoms with van der Waals surface area (Å²) in [6.07, 6.45) is -2.06. The molecule has 8 atom stereocenters. The number of nitrogens with one attached hydrogen (secondary N) is 9. The van der Waals surface area contributed by atoms with Gasteiger partial charge >= 0.3 is 11.9 Å². The van der Waals surface area contributed by atoms with E-state index in [-0.39, 0.29) is 18.8 Å². The predicted octanol–water partition coefficient (Wildman–Crippen LogP) is -3.64. The molecule has 0 unspecified atom stereocenters. The van der Waals surface area contributed by atoms with Crippen LogP contribution in [0, 0.1) is 23.7 Å². The van der Waals surface area contributed by atoms with Crippen LogP contribution in [0.25, 0.3) is 0 Å². The number of carboxylic acid groups (broad SMARTS) is 2. The molecule has 0 aromatic carbocycles. The highest BCUT2D eigenvalue weighted by atomic mass is 16.4. The van der Waals surface area contributed by atoms with E-state index in [1.807, 2.05) is 0 Å². The van der Waals surface area contributed by atoms with Crippen LogP contribution in [0.3, 0.4) is 0 Å². The largest absolute Gasteiger partial charge is 0.481 e. The molecule has 0 aromatic heterocycles. The SMILES string of the molecule is CNC(=O)[C@@H](NC(=O)[C@H](CCC(=O)O)NC(=O)[C@H](CC(C)C)NC(=O)[C@H](CO)NC(=O)[C@@H](NC(=O)[C@H](CCC(=O)O)NC(=O)[C@@H](NC(=O)[C@H](CO)NC(C)=O)C(C)C)C(C)C)C(C)C. The summed E-state index contributed by atoms with van der Waals surface area (Å²) in [7, 11) is 1.36. The number of carbonyl (C=O) groups excluding carboxylic acids is 9. The number of carbonyl (C=O) groups is 11. The summed E-state index contributed by atoms with van der Waals surface area (Å²) >= 11 is 0. The number of hydrogen-bond acceptors (Lipinski definition) is 13. The highest BCUT2D eigenvalue weighted by molar-refractivity contribution is 5.98. The number of hydrogen-bond donors (Lipinski definition) is 13. The van der Waals surface area contributed by atoms with Crippen LogP contribution in [0.2, 0.25) is 0 Å². The van der Waals surface area contributed by atoms with Crippen molar-refractivity contribution >= 4 is 65.1 Å². The Balaban J connectivity index is 6.34.